The van der Waals surface area contributed by atoms with Crippen molar-refractivity contribution in [1.82, 2.24) is 14.7 Å². The number of halogens is 2. The SMILES string of the molecule is CC[C@@]12CCC3=Cc4c(cnn4-c4cccc(C(=O)N5CCC[C@@H]5C(N)=O)c4)C[C@]3(C)[C@@]1(F)[C@@H](O)C[C@@]1(C)[C@H]2CC[C@]1(OC(=O)COC)C(=O)SCF.[HH]. The zero-order valence-electron chi connectivity index (χ0n) is 30.7. The van der Waals surface area contributed by atoms with Crippen molar-refractivity contribution in [3.05, 3.63) is 52.9 Å². The molecular formula is C39H50F2N4O7S. The fourth-order valence-corrected chi connectivity index (χ4v) is 12.3. The van der Waals surface area contributed by atoms with E-state index in [0.29, 0.717) is 68.1 Å². The molecule has 7 rings (SSSR count). The predicted octanol–water partition coefficient (Wildman–Crippen LogP) is 5.35. The number of primary amides is 1. The third-order valence-corrected chi connectivity index (χ3v) is 14.6. The molecule has 288 valence electrons. The van der Waals surface area contributed by atoms with Crippen molar-refractivity contribution in [2.24, 2.45) is 27.9 Å². The number of aromatic nitrogens is 2. The van der Waals surface area contributed by atoms with E-state index < -0.39 is 75.2 Å². The summed E-state index contributed by atoms with van der Waals surface area (Å²) in [6, 6.07) is 5.39. The molecule has 11 nitrogen and oxygen atoms in total. The lowest BCUT2D eigenvalue weighted by Crippen LogP contribution is -2.74. The van der Waals surface area contributed by atoms with Gasteiger partial charge in [0.25, 0.3) is 5.91 Å². The highest BCUT2D eigenvalue weighted by atomic mass is 32.2. The quantitative estimate of drug-likeness (QED) is 0.323. The molecule has 53 heavy (non-hydrogen) atoms. The van der Waals surface area contributed by atoms with Gasteiger partial charge in [-0.15, -0.1) is 0 Å². The lowest BCUT2D eigenvalue weighted by Gasteiger charge is -2.69. The van der Waals surface area contributed by atoms with Gasteiger partial charge in [0.15, 0.2) is 11.3 Å². The molecule has 3 saturated carbocycles. The minimum atomic E-state index is -2.13. The van der Waals surface area contributed by atoms with Crippen LogP contribution in [0.2, 0.25) is 0 Å². The Morgan fingerprint density at radius 1 is 1.19 bits per heavy atom. The zero-order valence-corrected chi connectivity index (χ0v) is 31.5. The maximum absolute atomic E-state index is 18.9. The van der Waals surface area contributed by atoms with Crippen molar-refractivity contribution in [3.63, 3.8) is 0 Å². The van der Waals surface area contributed by atoms with Gasteiger partial charge in [-0.3, -0.25) is 14.4 Å². The molecule has 0 unspecified atom stereocenters. The molecule has 1 aromatic heterocycles. The lowest BCUT2D eigenvalue weighted by molar-refractivity contribution is -0.270. The minimum Gasteiger partial charge on any atom is -0.448 e. The number of thioether (sulfide) groups is 1. The highest BCUT2D eigenvalue weighted by Crippen LogP contribution is 2.76. The average Bonchev–Trinajstić information content (AvgIpc) is 3.85. The summed E-state index contributed by atoms with van der Waals surface area (Å²) in [5, 5.41) is 16.3. The second-order valence-corrected chi connectivity index (χ2v) is 16.9. The predicted molar refractivity (Wildman–Crippen MR) is 195 cm³/mol. The highest BCUT2D eigenvalue weighted by Gasteiger charge is 2.80. The molecule has 2 heterocycles. The molecule has 5 aliphatic rings. The van der Waals surface area contributed by atoms with Crippen molar-refractivity contribution in [3.8, 4) is 5.69 Å². The minimum absolute atomic E-state index is 0. The first-order valence-electron chi connectivity index (χ1n) is 18.5. The Hall–Kier alpha value is -3.62. The Morgan fingerprint density at radius 3 is 2.66 bits per heavy atom. The molecule has 4 fully saturated rings. The molecule has 2 aromatic rings. The summed E-state index contributed by atoms with van der Waals surface area (Å²) in [7, 11) is 1.33. The lowest BCUT2D eigenvalue weighted by atomic mass is 9.37. The molecular weight excluding hydrogens is 707 g/mol. The topological polar surface area (TPSA) is 154 Å². The van der Waals surface area contributed by atoms with Gasteiger partial charge in [-0.25, -0.2) is 18.3 Å². The normalized spacial score (nSPS) is 35.8. The summed E-state index contributed by atoms with van der Waals surface area (Å²) in [6.45, 7) is 5.65. The maximum Gasteiger partial charge on any atom is 0.333 e. The van der Waals surface area contributed by atoms with Crippen LogP contribution in [-0.2, 0) is 30.3 Å². The third kappa shape index (κ3) is 5.13. The van der Waals surface area contributed by atoms with Crippen molar-refractivity contribution in [2.45, 2.75) is 102 Å². The van der Waals surface area contributed by atoms with Crippen LogP contribution in [0.1, 0.15) is 95.2 Å². The molecule has 2 amide bonds. The number of likely N-dealkylation sites (tertiary alicyclic amines) is 1. The molecule has 3 N–H and O–H groups in total. The van der Waals surface area contributed by atoms with Crippen molar-refractivity contribution in [1.29, 1.82) is 0 Å². The van der Waals surface area contributed by atoms with E-state index in [9.17, 15) is 28.7 Å². The number of ether oxygens (including phenoxy) is 2. The third-order valence-electron chi connectivity index (χ3n) is 13.9. The summed E-state index contributed by atoms with van der Waals surface area (Å²) in [4.78, 5) is 53.7. The molecule has 1 aromatic carbocycles. The van der Waals surface area contributed by atoms with Crippen molar-refractivity contribution >= 4 is 40.7 Å². The molecule has 4 aliphatic carbocycles. The summed E-state index contributed by atoms with van der Waals surface area (Å²) in [6.07, 6.45) is 5.21. The van der Waals surface area contributed by atoms with Crippen molar-refractivity contribution < 1.29 is 44.0 Å². The summed E-state index contributed by atoms with van der Waals surface area (Å²) in [5.41, 5.74) is 1.71. The summed E-state index contributed by atoms with van der Waals surface area (Å²) < 4.78 is 45.3. The number of aliphatic hydroxyl groups is 1. The molecule has 1 saturated heterocycles. The fraction of sp³-hybridized carbons (Fsp3) is 0.615. The monoisotopic (exact) mass is 756 g/mol. The van der Waals surface area contributed by atoms with E-state index in [1.807, 2.05) is 26.0 Å². The number of alkyl halides is 2. The van der Waals surface area contributed by atoms with Crippen LogP contribution < -0.4 is 5.73 Å². The van der Waals surface area contributed by atoms with Crippen LogP contribution in [0.25, 0.3) is 11.8 Å². The average molecular weight is 757 g/mol. The Balaban J connectivity index is 0.00000497. The first-order chi connectivity index (χ1) is 25.2. The molecule has 8 atom stereocenters. The second-order valence-electron chi connectivity index (χ2n) is 16.0. The Kier molecular flexibility index (Phi) is 9.45. The molecule has 0 radical (unpaired) electrons. The standard InChI is InChI=1S/C39H48F2N4O7S.H2/c1-5-37-13-11-25-17-28-24(20-43-45(28)26-9-6-8-23(16-26)33(49)44-15-7-10-27(44)32(42)48)18-35(25,2)39(37,41)30(46)19-36(3)29(37)12-14-38(36,34(50)53-22-40)52-31(47)21-51-4;/h6,8-9,16-17,20,27,29-30,46H,5,7,10-15,18-19,21-22H2,1-4H3,(H2,42,48);1H/t27-,29-,30+,35+,36+,37+,38+,39+;/m1./s1. The first-order valence-corrected chi connectivity index (χ1v) is 19.5. The van der Waals surface area contributed by atoms with Gasteiger partial charge in [-0.1, -0.05) is 32.4 Å². The molecule has 0 spiro atoms. The number of benzene rings is 1. The van der Waals surface area contributed by atoms with Gasteiger partial charge in [0, 0.05) is 36.9 Å². The van der Waals surface area contributed by atoms with Gasteiger partial charge >= 0.3 is 5.97 Å². The van der Waals surface area contributed by atoms with E-state index in [-0.39, 0.29) is 26.6 Å². The van der Waals surface area contributed by atoms with E-state index in [4.69, 9.17) is 20.3 Å². The van der Waals surface area contributed by atoms with Crippen molar-refractivity contribution in [2.75, 3.05) is 26.3 Å². The molecule has 0 bridgehead atoms. The second kappa shape index (κ2) is 13.3. The van der Waals surface area contributed by atoms with Gasteiger partial charge in [0.2, 0.25) is 11.0 Å². The number of aliphatic hydroxyl groups excluding tert-OH is 1. The summed E-state index contributed by atoms with van der Waals surface area (Å²) in [5.74, 6) is -2.03. The van der Waals surface area contributed by atoms with Crippen LogP contribution in [-0.4, -0.2) is 92.4 Å². The summed E-state index contributed by atoms with van der Waals surface area (Å²) >= 11 is 0.441. The van der Waals surface area contributed by atoms with Crippen LogP contribution in [0.15, 0.2) is 36.0 Å². The van der Waals surface area contributed by atoms with Crippen LogP contribution in [0.3, 0.4) is 0 Å². The van der Waals surface area contributed by atoms with E-state index in [1.165, 1.54) is 12.0 Å². The number of rotatable bonds is 9. The van der Waals surface area contributed by atoms with E-state index in [2.05, 4.69) is 0 Å². The number of nitrogens with zero attached hydrogens (tertiary/aromatic N) is 3. The Morgan fingerprint density at radius 2 is 1.96 bits per heavy atom. The number of amides is 2. The van der Waals surface area contributed by atoms with E-state index >= 15 is 4.39 Å². The number of nitrogens with two attached hydrogens (primary N) is 1. The maximum atomic E-state index is 18.9. The van der Waals surface area contributed by atoms with Gasteiger partial charge in [0.05, 0.1) is 23.7 Å². The smallest absolute Gasteiger partial charge is 0.333 e. The number of hydrogen-bond acceptors (Lipinski definition) is 9. The number of hydrogen-bond donors (Lipinski definition) is 2. The van der Waals surface area contributed by atoms with E-state index in [1.54, 1.807) is 36.0 Å². The van der Waals surface area contributed by atoms with E-state index in [0.717, 1.165) is 16.8 Å². The number of fused-ring (bicyclic) bond motifs is 6. The zero-order chi connectivity index (χ0) is 38.1. The number of methoxy groups -OCH3 is 1. The largest absolute Gasteiger partial charge is 0.448 e. The van der Waals surface area contributed by atoms with Gasteiger partial charge in [-0.05, 0) is 105 Å². The first kappa shape index (κ1) is 37.7. The number of carbonyl (C=O) groups is 4. The number of carbonyl (C=O) groups excluding carboxylic acids is 4. The van der Waals surface area contributed by atoms with Gasteiger partial charge in [0.1, 0.15) is 18.7 Å². The van der Waals surface area contributed by atoms with Gasteiger partial charge in [-0.2, -0.15) is 5.10 Å². The molecule has 14 heteroatoms. The van der Waals surface area contributed by atoms with Crippen LogP contribution in [0, 0.1) is 22.2 Å². The number of allylic oxidation sites excluding steroid dienone is 1. The van der Waals surface area contributed by atoms with Crippen LogP contribution >= 0.6 is 11.8 Å². The number of esters is 1. The van der Waals surface area contributed by atoms with Gasteiger partial charge < -0.3 is 25.2 Å². The molecule has 1 aliphatic heterocycles. The van der Waals surface area contributed by atoms with Crippen LogP contribution in [0.5, 0.6) is 0 Å². The fourth-order valence-electron chi connectivity index (χ4n) is 11.6. The Labute approximate surface area is 313 Å². The highest BCUT2D eigenvalue weighted by molar-refractivity contribution is 8.13. The van der Waals surface area contributed by atoms with Crippen LogP contribution in [0.4, 0.5) is 8.78 Å². The Bertz CT molecular complexity index is 1900.